The highest BCUT2D eigenvalue weighted by Crippen LogP contribution is 2.44. The normalized spacial score (nSPS) is 14.0. The molecule has 114 valence electrons. The van der Waals surface area contributed by atoms with Gasteiger partial charge in [0.25, 0.3) is 0 Å². The van der Waals surface area contributed by atoms with Crippen LogP contribution >= 0.6 is 8.81 Å². The van der Waals surface area contributed by atoms with E-state index in [2.05, 4.69) is 0 Å². The van der Waals surface area contributed by atoms with Crippen molar-refractivity contribution in [3.63, 3.8) is 0 Å². The molecule has 0 aliphatic carbocycles. The Balaban J connectivity index is 1.96. The molecule has 1 aliphatic rings. The summed E-state index contributed by atoms with van der Waals surface area (Å²) < 4.78 is 5.79. The second kappa shape index (κ2) is 5.47. The summed E-state index contributed by atoms with van der Waals surface area (Å²) in [5, 5.41) is 22.7. The smallest absolute Gasteiger partial charge is 0.217 e. The fraction of sp³-hybridized carbons (Fsp3) is 0.0526. The van der Waals surface area contributed by atoms with Gasteiger partial charge < -0.3 is 14.7 Å². The maximum Gasteiger partial charge on any atom is 0.217 e. The molecule has 1 heterocycles. The summed E-state index contributed by atoms with van der Waals surface area (Å²) in [6.07, 6.45) is 0. The first-order valence-corrected chi connectivity index (χ1v) is 8.25. The highest BCUT2D eigenvalue weighted by Gasteiger charge is 2.34. The lowest BCUT2D eigenvalue weighted by Gasteiger charge is -2.29. The lowest BCUT2D eigenvalue weighted by molar-refractivity contribution is -0.131. The number of hydrogen-bond acceptors (Lipinski definition) is 3. The monoisotopic (exact) mass is 322 g/mol. The van der Waals surface area contributed by atoms with E-state index in [-0.39, 0.29) is 8.81 Å². The quantitative estimate of drug-likeness (QED) is 0.563. The van der Waals surface area contributed by atoms with Crippen LogP contribution in [0.5, 0.6) is 5.75 Å². The molecular formula is C19H15O3P. The summed E-state index contributed by atoms with van der Waals surface area (Å²) in [5.74, 6) is -1.28. The van der Waals surface area contributed by atoms with E-state index in [0.717, 1.165) is 22.2 Å². The van der Waals surface area contributed by atoms with Crippen LogP contribution in [-0.4, -0.2) is 10.2 Å². The van der Waals surface area contributed by atoms with E-state index in [0.29, 0.717) is 11.1 Å². The van der Waals surface area contributed by atoms with Crippen molar-refractivity contribution >= 4 is 14.1 Å². The number of rotatable bonds is 2. The van der Waals surface area contributed by atoms with Crippen LogP contribution in [-0.2, 0) is 5.79 Å². The Labute approximate surface area is 136 Å². The van der Waals surface area contributed by atoms with Crippen molar-refractivity contribution in [3.05, 3.63) is 83.9 Å². The van der Waals surface area contributed by atoms with Crippen molar-refractivity contribution in [3.8, 4) is 16.9 Å². The molecule has 0 amide bonds. The van der Waals surface area contributed by atoms with Crippen molar-refractivity contribution in [2.75, 3.05) is 0 Å². The largest absolute Gasteiger partial charge is 0.472 e. The van der Waals surface area contributed by atoms with Crippen molar-refractivity contribution < 1.29 is 14.7 Å². The molecule has 1 atom stereocenters. The van der Waals surface area contributed by atoms with Gasteiger partial charge in [0.15, 0.2) is 0 Å². The molecule has 4 heteroatoms. The van der Waals surface area contributed by atoms with E-state index in [1.165, 1.54) is 0 Å². The maximum atomic E-state index is 10.9. The van der Waals surface area contributed by atoms with Crippen LogP contribution < -0.4 is 9.83 Å². The molecule has 3 aromatic rings. The third-order valence-electron chi connectivity index (χ3n) is 4.04. The predicted octanol–water partition coefficient (Wildman–Crippen LogP) is 3.15. The molecule has 1 unspecified atom stereocenters. The summed E-state index contributed by atoms with van der Waals surface area (Å²) in [5.41, 5.74) is 2.66. The fourth-order valence-corrected chi connectivity index (χ4v) is 3.85. The van der Waals surface area contributed by atoms with Crippen LogP contribution in [0.3, 0.4) is 0 Å². The summed E-state index contributed by atoms with van der Waals surface area (Å²) in [4.78, 5) is 0. The molecule has 0 fully saturated rings. The van der Waals surface area contributed by atoms with Gasteiger partial charge >= 0.3 is 0 Å². The second-order valence-corrected chi connectivity index (χ2v) is 6.41. The Morgan fingerprint density at radius 3 is 2.35 bits per heavy atom. The van der Waals surface area contributed by atoms with Crippen LogP contribution in [0.15, 0.2) is 72.8 Å². The molecule has 2 N–H and O–H groups in total. The van der Waals surface area contributed by atoms with Crippen molar-refractivity contribution in [1.29, 1.82) is 0 Å². The molecule has 0 saturated carbocycles. The minimum Gasteiger partial charge on any atom is -0.472 e. The highest BCUT2D eigenvalue weighted by molar-refractivity contribution is 7.43. The van der Waals surface area contributed by atoms with Gasteiger partial charge in [-0.2, -0.15) is 0 Å². The van der Waals surface area contributed by atoms with Crippen LogP contribution in [0.4, 0.5) is 0 Å². The lowest BCUT2D eigenvalue weighted by atomic mass is 9.89. The number of benzene rings is 3. The van der Waals surface area contributed by atoms with Crippen LogP contribution in [0.2, 0.25) is 0 Å². The first-order chi connectivity index (χ1) is 11.2. The summed E-state index contributed by atoms with van der Waals surface area (Å²) in [7, 11) is 0.151. The highest BCUT2D eigenvalue weighted by atomic mass is 31.1. The number of hydrogen-bond donors (Lipinski definition) is 2. The third-order valence-corrected chi connectivity index (χ3v) is 5.00. The Bertz CT molecular complexity index is 859. The summed E-state index contributed by atoms with van der Waals surface area (Å²) >= 11 is 0. The van der Waals surface area contributed by atoms with Gasteiger partial charge in [-0.3, -0.25) is 0 Å². The van der Waals surface area contributed by atoms with Gasteiger partial charge in [-0.05, 0) is 6.07 Å². The summed E-state index contributed by atoms with van der Waals surface area (Å²) in [6, 6.07) is 22.1. The number of fused-ring (bicyclic) bond motifs is 3. The standard InChI is InChI=1S/C19H15O3P/c20-19(21,13-7-2-1-3-8-13)15-10-6-12-17-18(15)14-9-4-5-11-16(14)22-23-17/h1-12,20-21,23H. The van der Waals surface area contributed by atoms with E-state index < -0.39 is 5.79 Å². The van der Waals surface area contributed by atoms with Crippen LogP contribution in [0, 0.1) is 0 Å². The molecule has 1 aliphatic heterocycles. The molecule has 0 bridgehead atoms. The molecular weight excluding hydrogens is 307 g/mol. The molecule has 0 radical (unpaired) electrons. The Morgan fingerprint density at radius 1 is 0.783 bits per heavy atom. The van der Waals surface area contributed by atoms with E-state index in [9.17, 15) is 10.2 Å². The zero-order chi connectivity index (χ0) is 15.9. The van der Waals surface area contributed by atoms with E-state index in [1.807, 2.05) is 42.5 Å². The van der Waals surface area contributed by atoms with Crippen molar-refractivity contribution in [1.82, 2.24) is 0 Å². The number of aliphatic hydroxyl groups is 2. The average molecular weight is 322 g/mol. The summed E-state index contributed by atoms with van der Waals surface area (Å²) in [6.45, 7) is 0. The molecule has 3 aromatic carbocycles. The zero-order valence-electron chi connectivity index (χ0n) is 12.2. The molecule has 23 heavy (non-hydrogen) atoms. The Morgan fingerprint density at radius 2 is 1.52 bits per heavy atom. The molecule has 4 rings (SSSR count). The maximum absolute atomic E-state index is 10.9. The second-order valence-electron chi connectivity index (χ2n) is 5.47. The molecule has 0 aromatic heterocycles. The zero-order valence-corrected chi connectivity index (χ0v) is 13.2. The third kappa shape index (κ3) is 2.34. The molecule has 0 spiro atoms. The topological polar surface area (TPSA) is 49.7 Å². The minimum absolute atomic E-state index is 0.151. The van der Waals surface area contributed by atoms with Gasteiger partial charge in [-0.25, -0.2) is 0 Å². The SMILES string of the molecule is OC(O)(c1ccccc1)c1cccc2c1-c1ccccc1OP2. The average Bonchev–Trinajstić information content (AvgIpc) is 2.61. The van der Waals surface area contributed by atoms with Gasteiger partial charge in [-0.1, -0.05) is 66.7 Å². The van der Waals surface area contributed by atoms with Crippen molar-refractivity contribution in [2.24, 2.45) is 0 Å². The molecule has 3 nitrogen and oxygen atoms in total. The number of para-hydroxylation sites is 1. The van der Waals surface area contributed by atoms with Gasteiger partial charge in [0.1, 0.15) is 14.6 Å². The van der Waals surface area contributed by atoms with Crippen LogP contribution in [0.25, 0.3) is 11.1 Å². The first-order valence-electron chi connectivity index (χ1n) is 7.34. The predicted molar refractivity (Wildman–Crippen MR) is 92.1 cm³/mol. The van der Waals surface area contributed by atoms with Gasteiger partial charge in [0.05, 0.1) is 0 Å². The van der Waals surface area contributed by atoms with E-state index in [4.69, 9.17) is 4.52 Å². The van der Waals surface area contributed by atoms with E-state index >= 15 is 0 Å². The molecule has 0 saturated heterocycles. The van der Waals surface area contributed by atoms with Crippen molar-refractivity contribution in [2.45, 2.75) is 5.79 Å². The minimum atomic E-state index is -2.05. The van der Waals surface area contributed by atoms with Gasteiger partial charge in [0, 0.05) is 27.6 Å². The van der Waals surface area contributed by atoms with Gasteiger partial charge in [0.2, 0.25) is 5.79 Å². The first kappa shape index (κ1) is 14.4. The van der Waals surface area contributed by atoms with Gasteiger partial charge in [-0.15, -0.1) is 0 Å². The Hall–Kier alpha value is -2.19. The van der Waals surface area contributed by atoms with Crippen LogP contribution in [0.1, 0.15) is 11.1 Å². The Kier molecular flexibility index (Phi) is 3.42. The van der Waals surface area contributed by atoms with E-state index in [1.54, 1.807) is 30.3 Å². The lowest BCUT2D eigenvalue weighted by Crippen LogP contribution is -2.29. The fourth-order valence-electron chi connectivity index (χ4n) is 2.92.